The molecule has 3 nitrogen and oxygen atoms in total. The van der Waals surface area contributed by atoms with Gasteiger partial charge in [0.1, 0.15) is 11.5 Å². The number of carbonyl (C=O) groups is 1. The number of fused-ring (bicyclic) bond motifs is 1. The summed E-state index contributed by atoms with van der Waals surface area (Å²) in [6, 6.07) is 26.8. The third kappa shape index (κ3) is 3.63. The monoisotopic (exact) mass is 397 g/mol. The van der Waals surface area contributed by atoms with Gasteiger partial charge in [0.2, 0.25) is 0 Å². The molecule has 1 heterocycles. The molecular formula is C27H27NO2. The van der Waals surface area contributed by atoms with Crippen LogP contribution < -0.4 is 9.64 Å². The molecule has 3 aromatic rings. The first kappa shape index (κ1) is 20.0. The molecule has 0 N–H and O–H groups in total. The van der Waals surface area contributed by atoms with Crippen LogP contribution in [0.2, 0.25) is 0 Å². The smallest absolute Gasteiger partial charge is 0.137 e. The normalized spacial score (nSPS) is 16.4. The topological polar surface area (TPSA) is 29.5 Å². The van der Waals surface area contributed by atoms with Crippen LogP contribution in [0.1, 0.15) is 43.0 Å². The number of ether oxygens (including phenoxy) is 1. The first-order valence-corrected chi connectivity index (χ1v) is 10.5. The van der Waals surface area contributed by atoms with Crippen molar-refractivity contribution in [2.45, 2.75) is 26.3 Å². The maximum Gasteiger partial charge on any atom is 0.137 e. The van der Waals surface area contributed by atoms with E-state index in [4.69, 9.17) is 4.74 Å². The zero-order chi connectivity index (χ0) is 21.1. The first-order chi connectivity index (χ1) is 14.6. The van der Waals surface area contributed by atoms with Crippen molar-refractivity contribution in [3.05, 3.63) is 95.6 Å². The Morgan fingerprint density at radius 1 is 0.967 bits per heavy atom. The SMILES string of the molecule is CCC(=O)C(C)C1c2ccccc2C=C(c2ccccc2)N1c1ccc(OC)cc1. The summed E-state index contributed by atoms with van der Waals surface area (Å²) in [4.78, 5) is 15.2. The zero-order valence-electron chi connectivity index (χ0n) is 17.7. The molecule has 0 saturated heterocycles. The fraction of sp³-hybridized carbons (Fsp3) is 0.222. The Bertz CT molecular complexity index is 1050. The van der Waals surface area contributed by atoms with E-state index in [1.807, 2.05) is 25.1 Å². The molecule has 0 fully saturated rings. The Labute approximate surface area is 178 Å². The average Bonchev–Trinajstić information content (AvgIpc) is 2.82. The Hall–Kier alpha value is -3.33. The quantitative estimate of drug-likeness (QED) is 0.484. The van der Waals surface area contributed by atoms with Crippen LogP contribution in [0.15, 0.2) is 78.9 Å². The summed E-state index contributed by atoms with van der Waals surface area (Å²) in [5.41, 5.74) is 5.62. The van der Waals surface area contributed by atoms with Crippen LogP contribution in [0, 0.1) is 5.92 Å². The maximum atomic E-state index is 12.9. The number of ketones is 1. The predicted octanol–water partition coefficient (Wildman–Crippen LogP) is 6.37. The van der Waals surface area contributed by atoms with Crippen molar-refractivity contribution < 1.29 is 9.53 Å². The van der Waals surface area contributed by atoms with E-state index in [0.29, 0.717) is 6.42 Å². The van der Waals surface area contributed by atoms with Crippen LogP contribution in [0.4, 0.5) is 5.69 Å². The minimum absolute atomic E-state index is 0.0812. The highest BCUT2D eigenvalue weighted by Crippen LogP contribution is 2.45. The van der Waals surface area contributed by atoms with Gasteiger partial charge in [-0.3, -0.25) is 4.79 Å². The first-order valence-electron chi connectivity index (χ1n) is 10.5. The summed E-state index contributed by atoms with van der Waals surface area (Å²) < 4.78 is 5.37. The average molecular weight is 398 g/mol. The molecular weight excluding hydrogens is 370 g/mol. The molecule has 0 amide bonds. The van der Waals surface area contributed by atoms with Crippen molar-refractivity contribution >= 4 is 23.2 Å². The second-order valence-corrected chi connectivity index (χ2v) is 7.65. The highest BCUT2D eigenvalue weighted by atomic mass is 16.5. The minimum Gasteiger partial charge on any atom is -0.497 e. The van der Waals surface area contributed by atoms with Gasteiger partial charge >= 0.3 is 0 Å². The second kappa shape index (κ2) is 8.58. The molecule has 0 spiro atoms. The molecule has 0 aromatic heterocycles. The van der Waals surface area contributed by atoms with E-state index >= 15 is 0 Å². The number of benzene rings is 3. The summed E-state index contributed by atoms with van der Waals surface area (Å²) >= 11 is 0. The lowest BCUT2D eigenvalue weighted by Gasteiger charge is -2.42. The molecule has 2 atom stereocenters. The van der Waals surface area contributed by atoms with E-state index in [0.717, 1.165) is 22.7 Å². The summed E-state index contributed by atoms with van der Waals surface area (Å²) in [5.74, 6) is 0.934. The zero-order valence-corrected chi connectivity index (χ0v) is 17.7. The number of hydrogen-bond donors (Lipinski definition) is 0. The van der Waals surface area contributed by atoms with Crippen molar-refractivity contribution in [1.82, 2.24) is 0 Å². The van der Waals surface area contributed by atoms with Gasteiger partial charge in [0.15, 0.2) is 0 Å². The summed E-state index contributed by atoms with van der Waals surface area (Å²) in [7, 11) is 1.67. The van der Waals surface area contributed by atoms with Crippen LogP contribution in [0.5, 0.6) is 5.75 Å². The van der Waals surface area contributed by atoms with Crippen molar-refractivity contribution in [3.63, 3.8) is 0 Å². The van der Waals surface area contributed by atoms with E-state index in [9.17, 15) is 4.79 Å². The van der Waals surface area contributed by atoms with Gasteiger partial charge in [-0.2, -0.15) is 0 Å². The van der Waals surface area contributed by atoms with Crippen LogP contribution in [-0.4, -0.2) is 12.9 Å². The lowest BCUT2D eigenvalue weighted by atomic mass is 9.82. The highest BCUT2D eigenvalue weighted by Gasteiger charge is 2.36. The molecule has 2 unspecified atom stereocenters. The van der Waals surface area contributed by atoms with Gasteiger partial charge in [-0.15, -0.1) is 0 Å². The molecule has 3 heteroatoms. The van der Waals surface area contributed by atoms with Gasteiger partial charge < -0.3 is 9.64 Å². The van der Waals surface area contributed by atoms with E-state index in [1.54, 1.807) is 7.11 Å². The van der Waals surface area contributed by atoms with Gasteiger partial charge in [0.25, 0.3) is 0 Å². The fourth-order valence-corrected chi connectivity index (χ4v) is 4.28. The molecule has 152 valence electrons. The van der Waals surface area contributed by atoms with Gasteiger partial charge in [-0.25, -0.2) is 0 Å². The summed E-state index contributed by atoms with van der Waals surface area (Å²) in [6.07, 6.45) is 2.76. The van der Waals surface area contributed by atoms with Crippen LogP contribution in [-0.2, 0) is 4.79 Å². The van der Waals surface area contributed by atoms with Crippen molar-refractivity contribution in [1.29, 1.82) is 0 Å². The van der Waals surface area contributed by atoms with Gasteiger partial charge in [-0.05, 0) is 47.0 Å². The fourth-order valence-electron chi connectivity index (χ4n) is 4.28. The van der Waals surface area contributed by atoms with Crippen LogP contribution in [0.3, 0.4) is 0 Å². The number of hydrogen-bond acceptors (Lipinski definition) is 3. The lowest BCUT2D eigenvalue weighted by Crippen LogP contribution is -2.37. The van der Waals surface area contributed by atoms with Crippen molar-refractivity contribution in [3.8, 4) is 5.75 Å². The van der Waals surface area contributed by atoms with Gasteiger partial charge in [0, 0.05) is 23.7 Å². The largest absolute Gasteiger partial charge is 0.497 e. The van der Waals surface area contributed by atoms with E-state index in [2.05, 4.69) is 78.6 Å². The number of methoxy groups -OCH3 is 1. The van der Waals surface area contributed by atoms with Gasteiger partial charge in [0.05, 0.1) is 13.2 Å². The van der Waals surface area contributed by atoms with Crippen molar-refractivity contribution in [2.24, 2.45) is 5.92 Å². The molecule has 30 heavy (non-hydrogen) atoms. The Balaban J connectivity index is 1.94. The van der Waals surface area contributed by atoms with E-state index < -0.39 is 0 Å². The molecule has 4 rings (SSSR count). The Kier molecular flexibility index (Phi) is 5.71. The van der Waals surface area contributed by atoms with Crippen molar-refractivity contribution in [2.75, 3.05) is 12.0 Å². The molecule has 1 aliphatic rings. The number of anilines is 1. The summed E-state index contributed by atoms with van der Waals surface area (Å²) in [6.45, 7) is 4.00. The molecule has 0 aliphatic carbocycles. The Morgan fingerprint density at radius 3 is 2.30 bits per heavy atom. The second-order valence-electron chi connectivity index (χ2n) is 7.65. The van der Waals surface area contributed by atoms with Gasteiger partial charge in [-0.1, -0.05) is 68.4 Å². The maximum absolute atomic E-state index is 12.9. The number of nitrogens with zero attached hydrogens (tertiary/aromatic N) is 1. The number of Topliss-reactive ketones (excluding diaryl/α,β-unsaturated/α-hetero) is 1. The molecule has 0 bridgehead atoms. The van der Waals surface area contributed by atoms with Crippen LogP contribution in [0.25, 0.3) is 11.8 Å². The lowest BCUT2D eigenvalue weighted by molar-refractivity contribution is -0.122. The third-order valence-corrected chi connectivity index (χ3v) is 5.89. The van der Waals surface area contributed by atoms with Crippen LogP contribution >= 0.6 is 0 Å². The molecule has 1 aliphatic heterocycles. The highest BCUT2D eigenvalue weighted by molar-refractivity contribution is 5.95. The predicted molar refractivity (Wildman–Crippen MR) is 123 cm³/mol. The number of rotatable bonds is 6. The van der Waals surface area contributed by atoms with E-state index in [1.165, 1.54) is 11.1 Å². The summed E-state index contributed by atoms with van der Waals surface area (Å²) in [5, 5.41) is 0. The minimum atomic E-state index is -0.148. The molecule has 3 aromatic carbocycles. The Morgan fingerprint density at radius 2 is 1.63 bits per heavy atom. The molecule has 0 radical (unpaired) electrons. The number of carbonyl (C=O) groups excluding carboxylic acids is 1. The third-order valence-electron chi connectivity index (χ3n) is 5.89. The molecule has 0 saturated carbocycles. The standard InChI is InChI=1S/C27H27NO2/c1-4-26(29)19(2)27-24-13-9-8-12-21(24)18-25(20-10-6-5-7-11-20)28(27)22-14-16-23(30-3)17-15-22/h5-19,27H,4H2,1-3H3. The van der Waals surface area contributed by atoms with E-state index in [-0.39, 0.29) is 17.7 Å².